The zero-order valence-electron chi connectivity index (χ0n) is 17.7. The largest absolute Gasteiger partial charge is 0.462 e. The Labute approximate surface area is 203 Å². The molecule has 2 heterocycles. The lowest BCUT2D eigenvalue weighted by molar-refractivity contribution is 0.0527. The van der Waals surface area contributed by atoms with Crippen LogP contribution in [0, 0.1) is 10.7 Å². The Bertz CT molecular complexity index is 1500. The number of nitrogen functional groups attached to an aromatic ring is 1. The van der Waals surface area contributed by atoms with Crippen molar-refractivity contribution in [3.8, 4) is 26.5 Å². The molecule has 2 aromatic carbocycles. The Morgan fingerprint density at radius 1 is 1.18 bits per heavy atom. The van der Waals surface area contributed by atoms with E-state index in [1.165, 1.54) is 52.3 Å². The number of nitriles is 1. The summed E-state index contributed by atoms with van der Waals surface area (Å²) in [6, 6.07) is 12.9. The number of thiazole rings is 2. The minimum absolute atomic E-state index is 0.0849. The van der Waals surface area contributed by atoms with Crippen molar-refractivity contribution >= 4 is 55.1 Å². The maximum Gasteiger partial charge on any atom is 0.338 e. The van der Waals surface area contributed by atoms with Crippen molar-refractivity contribution in [1.82, 2.24) is 9.97 Å². The van der Waals surface area contributed by atoms with Crippen molar-refractivity contribution in [1.29, 1.82) is 5.26 Å². The van der Waals surface area contributed by atoms with Crippen LogP contribution >= 0.6 is 22.7 Å². The van der Waals surface area contributed by atoms with E-state index in [1.54, 1.807) is 19.1 Å². The van der Waals surface area contributed by atoms with E-state index in [9.17, 15) is 13.2 Å². The number of ether oxygens (including phenoxy) is 1. The Balaban J connectivity index is 1.58. The van der Waals surface area contributed by atoms with E-state index in [4.69, 9.17) is 15.7 Å². The number of esters is 1. The Kier molecular flexibility index (Phi) is 6.60. The maximum absolute atomic E-state index is 12.3. The molecule has 3 N–H and O–H groups in total. The first-order valence-electron chi connectivity index (χ1n) is 9.84. The van der Waals surface area contributed by atoms with Crippen LogP contribution in [-0.4, -0.2) is 31.0 Å². The number of nitrogens with two attached hydrogens (primary N) is 1. The molecule has 9 nitrogen and oxygen atoms in total. The average Bonchev–Trinajstić information content (AvgIpc) is 3.46. The summed E-state index contributed by atoms with van der Waals surface area (Å²) in [5.74, 6) is -0.124. The normalized spacial score (nSPS) is 11.1. The third-order valence-electron chi connectivity index (χ3n) is 4.59. The summed E-state index contributed by atoms with van der Waals surface area (Å²) in [4.78, 5) is 21.9. The number of hydrogen-bond acceptors (Lipinski definition) is 11. The topological polar surface area (TPSA) is 148 Å². The summed E-state index contributed by atoms with van der Waals surface area (Å²) >= 11 is 2.66. The summed E-state index contributed by atoms with van der Waals surface area (Å²) in [7, 11) is -3.95. The molecule has 0 atom stereocenters. The van der Waals surface area contributed by atoms with Crippen molar-refractivity contribution in [2.75, 3.05) is 17.7 Å². The SMILES string of the molecule is CCOC(=O)c1ccccc1-c1csc(-c2sc(Nc3ccc(S(=O)(=O)C#N)cc3)nc2N)n1. The van der Waals surface area contributed by atoms with Crippen molar-refractivity contribution in [3.05, 3.63) is 59.5 Å². The van der Waals surface area contributed by atoms with E-state index in [-0.39, 0.29) is 17.3 Å². The third kappa shape index (κ3) is 4.76. The minimum atomic E-state index is -3.95. The first-order valence-corrected chi connectivity index (χ1v) is 13.0. The van der Waals surface area contributed by atoms with Crippen LogP contribution in [-0.2, 0) is 14.6 Å². The van der Waals surface area contributed by atoms with E-state index < -0.39 is 15.8 Å². The van der Waals surface area contributed by atoms with Crippen LogP contribution in [0.5, 0.6) is 0 Å². The predicted molar refractivity (Wildman–Crippen MR) is 132 cm³/mol. The maximum atomic E-state index is 12.3. The highest BCUT2D eigenvalue weighted by Crippen LogP contribution is 2.39. The molecule has 4 rings (SSSR count). The van der Waals surface area contributed by atoms with Crippen molar-refractivity contribution < 1.29 is 17.9 Å². The van der Waals surface area contributed by atoms with Gasteiger partial charge in [0, 0.05) is 16.6 Å². The molecule has 0 saturated heterocycles. The van der Waals surface area contributed by atoms with Crippen molar-refractivity contribution in [2.24, 2.45) is 0 Å². The van der Waals surface area contributed by atoms with Gasteiger partial charge < -0.3 is 15.8 Å². The number of rotatable bonds is 7. The molecule has 0 unspecified atom stereocenters. The molecular formula is C22H17N5O4S3. The van der Waals surface area contributed by atoms with Gasteiger partial charge in [0.15, 0.2) is 10.5 Å². The van der Waals surface area contributed by atoms with E-state index in [0.717, 1.165) is 0 Å². The first kappa shape index (κ1) is 23.4. The highest BCUT2D eigenvalue weighted by atomic mass is 32.2. The second-order valence-electron chi connectivity index (χ2n) is 6.78. The number of nitrogens with one attached hydrogen (secondary N) is 1. The van der Waals surface area contributed by atoms with Crippen LogP contribution in [0.2, 0.25) is 0 Å². The summed E-state index contributed by atoms with van der Waals surface area (Å²) in [6.45, 7) is 2.03. The Morgan fingerprint density at radius 3 is 2.62 bits per heavy atom. The fraction of sp³-hybridized carbons (Fsp3) is 0.0909. The van der Waals surface area contributed by atoms with E-state index in [2.05, 4.69) is 15.3 Å². The molecule has 12 heteroatoms. The van der Waals surface area contributed by atoms with Crippen LogP contribution < -0.4 is 11.1 Å². The van der Waals surface area contributed by atoms with Gasteiger partial charge >= 0.3 is 5.97 Å². The minimum Gasteiger partial charge on any atom is -0.462 e. The number of nitrogens with zero attached hydrogens (tertiary/aromatic N) is 3. The molecule has 0 aliphatic heterocycles. The molecule has 0 amide bonds. The number of anilines is 3. The van der Waals surface area contributed by atoms with Gasteiger partial charge in [0.05, 0.1) is 22.8 Å². The molecule has 4 aromatic rings. The molecule has 0 spiro atoms. The summed E-state index contributed by atoms with van der Waals surface area (Å²) in [6.07, 6.45) is 0. The first-order chi connectivity index (χ1) is 16.3. The number of thiocyanates is 1. The Hall–Kier alpha value is -3.79. The highest BCUT2D eigenvalue weighted by Gasteiger charge is 2.19. The molecule has 172 valence electrons. The van der Waals surface area contributed by atoms with E-state index in [1.807, 2.05) is 17.5 Å². The highest BCUT2D eigenvalue weighted by molar-refractivity contribution is 7.95. The van der Waals surface area contributed by atoms with Gasteiger partial charge in [-0.05, 0) is 37.3 Å². The van der Waals surface area contributed by atoms with Crippen LogP contribution in [0.25, 0.3) is 21.1 Å². The second-order valence-corrected chi connectivity index (χ2v) is 10.3. The van der Waals surface area contributed by atoms with E-state index in [0.29, 0.717) is 37.5 Å². The van der Waals surface area contributed by atoms with Gasteiger partial charge in [0.1, 0.15) is 15.7 Å². The van der Waals surface area contributed by atoms with Crippen molar-refractivity contribution in [2.45, 2.75) is 11.8 Å². The molecule has 34 heavy (non-hydrogen) atoms. The summed E-state index contributed by atoms with van der Waals surface area (Å²) in [5.41, 5.74) is 8.43. The molecule has 0 radical (unpaired) electrons. The van der Waals surface area contributed by atoms with E-state index >= 15 is 0 Å². The van der Waals surface area contributed by atoms with Gasteiger partial charge in [0.2, 0.25) is 0 Å². The van der Waals surface area contributed by atoms with Crippen LogP contribution in [0.1, 0.15) is 17.3 Å². The lowest BCUT2D eigenvalue weighted by Crippen LogP contribution is -2.06. The second kappa shape index (κ2) is 9.60. The smallest absolute Gasteiger partial charge is 0.338 e. The molecule has 0 aliphatic carbocycles. The quantitative estimate of drug-likeness (QED) is 0.205. The molecular weight excluding hydrogens is 494 g/mol. The van der Waals surface area contributed by atoms with Crippen molar-refractivity contribution in [3.63, 3.8) is 0 Å². The summed E-state index contributed by atoms with van der Waals surface area (Å²) < 4.78 is 28.4. The number of carbonyl (C=O) groups is 1. The number of hydrogen-bond donors (Lipinski definition) is 2. The monoisotopic (exact) mass is 511 g/mol. The molecule has 0 bridgehead atoms. The predicted octanol–water partition coefficient (Wildman–Crippen LogP) is 4.69. The third-order valence-corrected chi connectivity index (χ3v) is 7.70. The van der Waals surface area contributed by atoms with Crippen LogP contribution in [0.3, 0.4) is 0 Å². The zero-order valence-corrected chi connectivity index (χ0v) is 20.1. The number of carbonyl (C=O) groups excluding carboxylic acids is 1. The Morgan fingerprint density at radius 2 is 1.91 bits per heavy atom. The molecule has 2 aromatic heterocycles. The van der Waals surface area contributed by atoms with Gasteiger partial charge in [0.25, 0.3) is 9.84 Å². The summed E-state index contributed by atoms with van der Waals surface area (Å²) in [5, 5.41) is 16.1. The van der Waals surface area contributed by atoms with Gasteiger partial charge in [-0.3, -0.25) is 0 Å². The average molecular weight is 512 g/mol. The van der Waals surface area contributed by atoms with Gasteiger partial charge in [-0.25, -0.2) is 23.2 Å². The molecule has 0 fully saturated rings. The number of aromatic nitrogens is 2. The lowest BCUT2D eigenvalue weighted by Gasteiger charge is -2.06. The number of sulfone groups is 1. The van der Waals surface area contributed by atoms with Gasteiger partial charge in [-0.2, -0.15) is 5.26 Å². The molecule has 0 aliphatic rings. The lowest BCUT2D eigenvalue weighted by atomic mass is 10.1. The van der Waals surface area contributed by atoms with Crippen LogP contribution in [0.15, 0.2) is 58.8 Å². The molecule has 0 saturated carbocycles. The van der Waals surface area contributed by atoms with Crippen LogP contribution in [0.4, 0.5) is 16.6 Å². The number of benzene rings is 2. The standard InChI is InChI=1S/C22H17N5O4S3/c1-2-31-21(28)16-6-4-3-5-15(16)17-11-32-20(26-17)18-19(24)27-22(33-18)25-13-7-9-14(10-8-13)34(29,30)12-23/h3-11H,2,24H2,1H3,(H,25,27). The van der Waals surface area contributed by atoms with Gasteiger partial charge in [-0.1, -0.05) is 29.5 Å². The fourth-order valence-corrected chi connectivity index (χ4v) is 5.45. The fourth-order valence-electron chi connectivity index (χ4n) is 3.03. The van der Waals surface area contributed by atoms with Gasteiger partial charge in [-0.15, -0.1) is 11.3 Å². The zero-order chi connectivity index (χ0) is 24.3.